The van der Waals surface area contributed by atoms with Crippen LogP contribution in [-0.2, 0) is 6.61 Å². The Morgan fingerprint density at radius 3 is 2.79 bits per heavy atom. The lowest BCUT2D eigenvalue weighted by Gasteiger charge is -2.04. The summed E-state index contributed by atoms with van der Waals surface area (Å²) in [5.74, 6) is 7.99. The highest BCUT2D eigenvalue weighted by atomic mass is 35.5. The van der Waals surface area contributed by atoms with E-state index in [4.69, 9.17) is 16.3 Å². The van der Waals surface area contributed by atoms with Crippen LogP contribution in [0.5, 0.6) is 5.75 Å². The van der Waals surface area contributed by atoms with E-state index in [9.17, 15) is 0 Å². The molecule has 1 aromatic carbocycles. The van der Waals surface area contributed by atoms with Gasteiger partial charge in [-0.05, 0) is 24.3 Å². The highest BCUT2D eigenvalue weighted by molar-refractivity contribution is 6.18. The van der Waals surface area contributed by atoms with Gasteiger partial charge in [0.2, 0.25) is 0 Å². The second-order valence-corrected chi connectivity index (χ2v) is 4.10. The fourth-order valence-corrected chi connectivity index (χ4v) is 1.52. The van der Waals surface area contributed by atoms with Crippen molar-refractivity contribution in [3.05, 3.63) is 54.1 Å². The Kier molecular flexibility index (Phi) is 5.21. The molecule has 0 saturated carbocycles. The van der Waals surface area contributed by atoms with Crippen molar-refractivity contribution in [1.29, 1.82) is 0 Å². The summed E-state index contributed by atoms with van der Waals surface area (Å²) in [6.45, 7) is 0.347. The first-order valence-corrected chi connectivity index (χ1v) is 6.45. The third-order valence-corrected chi connectivity index (χ3v) is 2.46. The third-order valence-electron chi connectivity index (χ3n) is 2.27. The molecule has 0 aliphatic heterocycles. The third kappa shape index (κ3) is 4.61. The molecule has 0 saturated heterocycles. The summed E-state index contributed by atoms with van der Waals surface area (Å²) in [5.41, 5.74) is 0.914. The predicted molar refractivity (Wildman–Crippen MR) is 75.0 cm³/mol. The molecule has 0 fully saturated rings. The van der Waals surface area contributed by atoms with E-state index in [2.05, 4.69) is 21.8 Å². The quantitative estimate of drug-likeness (QED) is 0.634. The van der Waals surface area contributed by atoms with Crippen molar-refractivity contribution in [2.24, 2.45) is 0 Å². The first-order chi connectivity index (χ1) is 9.38. The highest BCUT2D eigenvalue weighted by Gasteiger charge is 1.98. The summed E-state index contributed by atoms with van der Waals surface area (Å²) in [7, 11) is 0. The molecule has 0 unspecified atom stereocenters. The molecule has 0 radical (unpaired) electrons. The van der Waals surface area contributed by atoms with Crippen LogP contribution in [0.3, 0.4) is 0 Å². The molecule has 0 bridgehead atoms. The van der Waals surface area contributed by atoms with Crippen LogP contribution in [-0.4, -0.2) is 15.8 Å². The van der Waals surface area contributed by atoms with Crippen LogP contribution in [0.1, 0.15) is 17.8 Å². The number of halogens is 1. The van der Waals surface area contributed by atoms with Gasteiger partial charge < -0.3 is 4.74 Å². The molecule has 4 heteroatoms. The van der Waals surface area contributed by atoms with Gasteiger partial charge in [-0.2, -0.15) is 0 Å². The van der Waals surface area contributed by atoms with Gasteiger partial charge in [0, 0.05) is 30.3 Å². The van der Waals surface area contributed by atoms with Crippen LogP contribution in [0.15, 0.2) is 42.7 Å². The zero-order valence-corrected chi connectivity index (χ0v) is 11.1. The summed E-state index contributed by atoms with van der Waals surface area (Å²) >= 11 is 5.58. The van der Waals surface area contributed by atoms with Gasteiger partial charge in [0.15, 0.2) is 5.82 Å². The molecular weight excluding hydrogens is 260 g/mol. The molecule has 3 nitrogen and oxygen atoms in total. The Hall–Kier alpha value is -2.05. The lowest BCUT2D eigenvalue weighted by atomic mass is 10.2. The van der Waals surface area contributed by atoms with Crippen LogP contribution >= 0.6 is 11.6 Å². The molecule has 0 N–H and O–H groups in total. The van der Waals surface area contributed by atoms with E-state index in [0.717, 1.165) is 11.3 Å². The number of nitrogens with zero attached hydrogens (tertiary/aromatic N) is 2. The Morgan fingerprint density at radius 2 is 2.00 bits per heavy atom. The van der Waals surface area contributed by atoms with Crippen molar-refractivity contribution in [2.75, 3.05) is 5.88 Å². The van der Waals surface area contributed by atoms with Crippen molar-refractivity contribution in [1.82, 2.24) is 9.97 Å². The Balaban J connectivity index is 1.98. The van der Waals surface area contributed by atoms with E-state index in [-0.39, 0.29) is 0 Å². The molecule has 96 valence electrons. The number of hydrogen-bond acceptors (Lipinski definition) is 3. The number of hydrogen-bond donors (Lipinski definition) is 0. The maximum atomic E-state index is 5.62. The standard InChI is InChI=1S/C15H13ClN2O/c16-8-2-1-5-13-6-3-7-14(11-13)19-12-15-17-9-4-10-18-15/h3-4,6-7,9-11H,2,8,12H2. The zero-order chi connectivity index (χ0) is 13.3. The molecule has 0 spiro atoms. The average Bonchev–Trinajstić information content (AvgIpc) is 2.47. The molecule has 2 aromatic rings. The summed E-state index contributed by atoms with van der Waals surface area (Å²) < 4.78 is 5.62. The van der Waals surface area contributed by atoms with Crippen molar-refractivity contribution in [3.8, 4) is 17.6 Å². The van der Waals surface area contributed by atoms with Crippen molar-refractivity contribution < 1.29 is 4.74 Å². The number of benzene rings is 1. The molecule has 19 heavy (non-hydrogen) atoms. The second-order valence-electron chi connectivity index (χ2n) is 3.72. The molecular formula is C15H13ClN2O. The topological polar surface area (TPSA) is 35.0 Å². The van der Waals surface area contributed by atoms with E-state index >= 15 is 0 Å². The first kappa shape index (κ1) is 13.4. The summed E-state index contributed by atoms with van der Waals surface area (Å²) in [5, 5.41) is 0. The van der Waals surface area contributed by atoms with Gasteiger partial charge in [-0.25, -0.2) is 9.97 Å². The van der Waals surface area contributed by atoms with Gasteiger partial charge in [-0.15, -0.1) is 11.6 Å². The largest absolute Gasteiger partial charge is 0.486 e. The monoisotopic (exact) mass is 272 g/mol. The summed E-state index contributed by atoms with van der Waals surface area (Å²) in [4.78, 5) is 8.20. The average molecular weight is 273 g/mol. The van der Waals surface area contributed by atoms with Crippen LogP contribution in [0, 0.1) is 11.8 Å². The smallest absolute Gasteiger partial charge is 0.166 e. The van der Waals surface area contributed by atoms with Crippen molar-refractivity contribution in [2.45, 2.75) is 13.0 Å². The Bertz CT molecular complexity index is 575. The first-order valence-electron chi connectivity index (χ1n) is 5.92. The van der Waals surface area contributed by atoms with E-state index in [1.165, 1.54) is 0 Å². The van der Waals surface area contributed by atoms with Crippen LogP contribution in [0.4, 0.5) is 0 Å². The van der Waals surface area contributed by atoms with Crippen LogP contribution < -0.4 is 4.74 Å². The maximum Gasteiger partial charge on any atom is 0.166 e. The molecule has 2 rings (SSSR count). The minimum atomic E-state index is 0.347. The molecule has 0 amide bonds. The molecule has 0 aliphatic rings. The number of rotatable bonds is 4. The SMILES string of the molecule is ClCCC#Cc1cccc(OCc2ncccn2)c1. The van der Waals surface area contributed by atoms with Gasteiger partial charge >= 0.3 is 0 Å². The lowest BCUT2D eigenvalue weighted by molar-refractivity contribution is 0.295. The van der Waals surface area contributed by atoms with Gasteiger partial charge in [0.25, 0.3) is 0 Å². The molecule has 1 heterocycles. The molecule has 1 aromatic heterocycles. The Morgan fingerprint density at radius 1 is 1.16 bits per heavy atom. The molecule has 0 atom stereocenters. The minimum Gasteiger partial charge on any atom is -0.486 e. The Labute approximate surface area is 117 Å². The number of aromatic nitrogens is 2. The van der Waals surface area contributed by atoms with E-state index in [1.54, 1.807) is 18.5 Å². The van der Waals surface area contributed by atoms with Crippen molar-refractivity contribution >= 4 is 11.6 Å². The second kappa shape index (κ2) is 7.40. The van der Waals surface area contributed by atoms with Gasteiger partial charge in [0.05, 0.1) is 0 Å². The van der Waals surface area contributed by atoms with E-state index in [0.29, 0.717) is 24.7 Å². The van der Waals surface area contributed by atoms with Gasteiger partial charge in [-0.3, -0.25) is 0 Å². The lowest BCUT2D eigenvalue weighted by Crippen LogP contribution is -2.00. The fraction of sp³-hybridized carbons (Fsp3) is 0.200. The summed E-state index contributed by atoms with van der Waals surface area (Å²) in [6, 6.07) is 9.40. The fourth-order valence-electron chi connectivity index (χ4n) is 1.43. The highest BCUT2D eigenvalue weighted by Crippen LogP contribution is 2.13. The molecule has 0 aliphatic carbocycles. The minimum absolute atomic E-state index is 0.347. The van der Waals surface area contributed by atoms with Gasteiger partial charge in [0.1, 0.15) is 12.4 Å². The predicted octanol–water partition coefficient (Wildman–Crippen LogP) is 3.04. The zero-order valence-electron chi connectivity index (χ0n) is 10.3. The number of alkyl halides is 1. The van der Waals surface area contributed by atoms with Crippen molar-refractivity contribution in [3.63, 3.8) is 0 Å². The normalized spacial score (nSPS) is 9.53. The van der Waals surface area contributed by atoms with E-state index < -0.39 is 0 Å². The van der Waals surface area contributed by atoms with Gasteiger partial charge in [-0.1, -0.05) is 17.9 Å². The van der Waals surface area contributed by atoms with Crippen LogP contribution in [0.2, 0.25) is 0 Å². The number of ether oxygens (including phenoxy) is 1. The maximum absolute atomic E-state index is 5.62. The summed E-state index contributed by atoms with van der Waals surface area (Å²) in [6.07, 6.45) is 4.07. The van der Waals surface area contributed by atoms with E-state index in [1.807, 2.05) is 24.3 Å². The van der Waals surface area contributed by atoms with Crippen LogP contribution in [0.25, 0.3) is 0 Å².